The molecule has 4 aromatic carbocycles. The molecule has 9 rings (SSSR count). The van der Waals surface area contributed by atoms with Gasteiger partial charge in [-0.2, -0.15) is 0 Å². The van der Waals surface area contributed by atoms with Crippen molar-refractivity contribution in [2.45, 2.75) is 87.6 Å². The number of benzene rings is 4. The molecule has 0 unspecified atom stereocenters. The first-order valence-corrected chi connectivity index (χ1v) is 19.8. The maximum atomic E-state index is 10.9. The van der Waals surface area contributed by atoms with Crippen molar-refractivity contribution in [3.8, 4) is 39.9 Å². The average Bonchev–Trinajstić information content (AvgIpc) is 3.90. The first kappa shape index (κ1) is 35.9. The predicted molar refractivity (Wildman–Crippen MR) is 212 cm³/mol. The van der Waals surface area contributed by atoms with E-state index in [2.05, 4.69) is 39.9 Å². The first-order valence-electron chi connectivity index (χ1n) is 19.8. The normalized spacial score (nSPS) is 23.0. The molecule has 4 aliphatic rings. The minimum atomic E-state index is -0.843. The Kier molecular flexibility index (Phi) is 9.62. The van der Waals surface area contributed by atoms with Crippen LogP contribution in [0.25, 0.3) is 22.0 Å². The Bertz CT molecular complexity index is 2210. The van der Waals surface area contributed by atoms with E-state index in [1.807, 2.05) is 37.5 Å². The summed E-state index contributed by atoms with van der Waals surface area (Å²) in [7, 11) is 3.51. The van der Waals surface area contributed by atoms with Gasteiger partial charge in [-0.05, 0) is 127 Å². The molecule has 0 amide bonds. The Morgan fingerprint density at radius 1 is 0.927 bits per heavy atom. The number of ether oxygens (including phenoxy) is 4. The average molecular weight is 746 g/mol. The van der Waals surface area contributed by atoms with Crippen molar-refractivity contribution in [1.82, 2.24) is 15.6 Å². The van der Waals surface area contributed by atoms with Crippen LogP contribution in [0.2, 0.25) is 0 Å². The van der Waals surface area contributed by atoms with Gasteiger partial charge in [-0.25, -0.2) is 0 Å². The minimum absolute atomic E-state index is 0.0618. The highest BCUT2D eigenvalue weighted by molar-refractivity contribution is 5.85. The highest BCUT2D eigenvalue weighted by Crippen LogP contribution is 2.57. The molecule has 288 valence electrons. The van der Waals surface area contributed by atoms with Crippen LogP contribution in [-0.4, -0.2) is 72.1 Å². The summed E-state index contributed by atoms with van der Waals surface area (Å²) in [5.74, 6) is 2.30. The van der Waals surface area contributed by atoms with Crippen molar-refractivity contribution in [1.29, 1.82) is 0 Å². The third-order valence-corrected chi connectivity index (χ3v) is 12.5. The summed E-state index contributed by atoms with van der Waals surface area (Å²) in [6.45, 7) is 0.797. The number of fused-ring (bicyclic) bond motifs is 9. The Hall–Kier alpha value is -4.74. The molecule has 2 aliphatic heterocycles. The summed E-state index contributed by atoms with van der Waals surface area (Å²) >= 11 is 0. The zero-order valence-corrected chi connectivity index (χ0v) is 31.6. The van der Waals surface area contributed by atoms with Crippen LogP contribution in [0, 0.1) is 0 Å². The van der Waals surface area contributed by atoms with Crippen LogP contribution in [0.1, 0.15) is 77.5 Å². The number of rotatable bonds is 11. The van der Waals surface area contributed by atoms with E-state index >= 15 is 0 Å². The van der Waals surface area contributed by atoms with Crippen molar-refractivity contribution in [2.24, 2.45) is 0 Å². The standard InChI is InChI=1S/C45H51N3O7/c1-46-24-45(53-25-48-30-5-3-4-6-30)22-37-36-19-29(18-26-7-13-38-27(17-26)15-16-47-38)35-21-31(50)9-11-33(35)41(36)43-34(12-10-32(23-49)54-43)42(37)55-44(45)28-8-14-39(51)40(20-28)52-2/h7-9,11,13-17,20-21,29-30,32,44,46-51H,3-6,10,12,18-19,22-25H2,1-2H3/t29-,32+,44+,45-/m0/s1. The summed E-state index contributed by atoms with van der Waals surface area (Å²) in [4.78, 5) is 3.31. The fourth-order valence-electron chi connectivity index (χ4n) is 9.80. The highest BCUT2D eigenvalue weighted by Gasteiger charge is 2.50. The van der Waals surface area contributed by atoms with Gasteiger partial charge in [0.25, 0.3) is 0 Å². The molecule has 6 N–H and O–H groups in total. The molecule has 0 bridgehead atoms. The van der Waals surface area contributed by atoms with Gasteiger partial charge in [0.1, 0.15) is 29.0 Å². The minimum Gasteiger partial charge on any atom is -0.508 e. The maximum absolute atomic E-state index is 10.9. The van der Waals surface area contributed by atoms with Gasteiger partial charge in [-0.3, -0.25) is 5.32 Å². The highest BCUT2D eigenvalue weighted by atomic mass is 16.6. The molecule has 0 spiro atoms. The van der Waals surface area contributed by atoms with Crippen LogP contribution in [0.4, 0.5) is 0 Å². The number of aromatic hydroxyl groups is 2. The number of likely N-dealkylation sites (N-methyl/N-ethyl adjacent to an activating group) is 1. The smallest absolute Gasteiger partial charge is 0.160 e. The van der Waals surface area contributed by atoms with E-state index in [1.54, 1.807) is 19.2 Å². The molecule has 3 heterocycles. The number of hydrogen-bond acceptors (Lipinski definition) is 9. The largest absolute Gasteiger partial charge is 0.508 e. The van der Waals surface area contributed by atoms with Crippen LogP contribution in [0.5, 0.6) is 28.7 Å². The summed E-state index contributed by atoms with van der Waals surface area (Å²) in [5.41, 5.74) is 8.74. The van der Waals surface area contributed by atoms with Gasteiger partial charge in [0.05, 0.1) is 20.4 Å². The number of aromatic amines is 1. The molecule has 5 aromatic rings. The van der Waals surface area contributed by atoms with Crippen molar-refractivity contribution in [2.75, 3.05) is 34.0 Å². The molecule has 1 aromatic heterocycles. The molecule has 10 nitrogen and oxygen atoms in total. The molecule has 1 fully saturated rings. The van der Waals surface area contributed by atoms with Crippen molar-refractivity contribution in [3.63, 3.8) is 0 Å². The Labute approximate surface area is 321 Å². The number of H-pyrrole nitrogens is 1. The van der Waals surface area contributed by atoms with E-state index in [9.17, 15) is 15.3 Å². The van der Waals surface area contributed by atoms with E-state index in [1.165, 1.54) is 23.8 Å². The van der Waals surface area contributed by atoms with Gasteiger partial charge in [0.15, 0.2) is 17.6 Å². The molecule has 4 atom stereocenters. The second kappa shape index (κ2) is 14.7. The van der Waals surface area contributed by atoms with Crippen LogP contribution >= 0.6 is 0 Å². The Morgan fingerprint density at radius 3 is 2.62 bits per heavy atom. The Balaban J connectivity index is 1.22. The number of aromatic nitrogens is 1. The lowest BCUT2D eigenvalue weighted by atomic mass is 9.70. The van der Waals surface area contributed by atoms with Crippen molar-refractivity contribution >= 4 is 10.9 Å². The second-order valence-electron chi connectivity index (χ2n) is 15.9. The van der Waals surface area contributed by atoms with Gasteiger partial charge >= 0.3 is 0 Å². The van der Waals surface area contributed by atoms with Crippen LogP contribution < -0.4 is 24.8 Å². The third kappa shape index (κ3) is 6.48. The fraction of sp³-hybridized carbons (Fsp3) is 0.422. The number of nitrogens with one attached hydrogen (secondary N) is 3. The predicted octanol–water partition coefficient (Wildman–Crippen LogP) is 6.96. The molecule has 0 radical (unpaired) electrons. The lowest BCUT2D eigenvalue weighted by molar-refractivity contribution is -0.130. The van der Waals surface area contributed by atoms with Crippen LogP contribution in [0.15, 0.2) is 66.9 Å². The first-order chi connectivity index (χ1) is 26.9. The summed E-state index contributed by atoms with van der Waals surface area (Å²) < 4.78 is 26.8. The summed E-state index contributed by atoms with van der Waals surface area (Å²) in [6.07, 6.45) is 9.20. The third-order valence-electron chi connectivity index (χ3n) is 12.5. The van der Waals surface area contributed by atoms with Crippen molar-refractivity contribution < 1.29 is 34.3 Å². The maximum Gasteiger partial charge on any atom is 0.160 e. The summed E-state index contributed by atoms with van der Waals surface area (Å²) in [5, 5.41) is 40.2. The molecule has 55 heavy (non-hydrogen) atoms. The van der Waals surface area contributed by atoms with E-state index < -0.39 is 11.7 Å². The topological polar surface area (TPSA) is 137 Å². The van der Waals surface area contributed by atoms with E-state index in [-0.39, 0.29) is 30.1 Å². The molecule has 0 saturated heterocycles. The van der Waals surface area contributed by atoms with Gasteiger partial charge in [0, 0.05) is 47.4 Å². The molecular formula is C45H51N3O7. The second-order valence-corrected chi connectivity index (χ2v) is 15.9. The Morgan fingerprint density at radius 2 is 1.80 bits per heavy atom. The zero-order valence-electron chi connectivity index (χ0n) is 31.6. The van der Waals surface area contributed by atoms with Gasteiger partial charge in [-0.15, -0.1) is 0 Å². The van der Waals surface area contributed by atoms with E-state index in [0.29, 0.717) is 50.8 Å². The summed E-state index contributed by atoms with van der Waals surface area (Å²) in [6, 6.07) is 20.2. The molecule has 10 heteroatoms. The van der Waals surface area contributed by atoms with Gasteiger partial charge in [-0.1, -0.05) is 31.0 Å². The SMILES string of the molecule is CNC[C@@]1(OCNC2CCCC2)Cc2c3c(c4c(c2O[C@@H]1c1ccc(O)c(OC)c1)CC[C@H](CO)O4)-c1ccc(O)cc1[C@@H](Cc1ccc2[nH]ccc2c1)C3. The zero-order chi connectivity index (χ0) is 37.7. The monoisotopic (exact) mass is 745 g/mol. The van der Waals surface area contributed by atoms with Crippen LogP contribution in [0.3, 0.4) is 0 Å². The molecular weight excluding hydrogens is 695 g/mol. The number of aliphatic hydroxyl groups excluding tert-OH is 1. The van der Waals surface area contributed by atoms with E-state index in [0.717, 1.165) is 75.2 Å². The number of methoxy groups -OCH3 is 1. The molecule has 1 saturated carbocycles. The number of phenolic OH excluding ortho intramolecular Hbond substituents is 2. The lowest BCUT2D eigenvalue weighted by Crippen LogP contribution is -2.55. The molecule has 2 aliphatic carbocycles. The van der Waals surface area contributed by atoms with Crippen LogP contribution in [-0.2, 0) is 30.4 Å². The number of aliphatic hydroxyl groups is 1. The lowest BCUT2D eigenvalue weighted by Gasteiger charge is -2.47. The number of hydrogen-bond donors (Lipinski definition) is 6. The van der Waals surface area contributed by atoms with E-state index in [4.69, 9.17) is 18.9 Å². The van der Waals surface area contributed by atoms with Gasteiger partial charge < -0.3 is 44.6 Å². The van der Waals surface area contributed by atoms with Gasteiger partial charge in [0.2, 0.25) is 0 Å². The quantitative estimate of drug-likeness (QED) is 0.0793. The number of phenols is 2. The van der Waals surface area contributed by atoms with Crippen molar-refractivity contribution in [3.05, 3.63) is 100 Å². The fourth-order valence-corrected chi connectivity index (χ4v) is 9.80.